The monoisotopic (exact) mass is 257 g/mol. The number of amides is 1. The number of halogens is 2. The molecule has 0 saturated heterocycles. The minimum Gasteiger partial charge on any atom is -0.275 e. The Bertz CT molecular complexity index is 440. The Morgan fingerprint density at radius 2 is 2.24 bits per heavy atom. The van der Waals surface area contributed by atoms with Crippen LogP contribution in [-0.4, -0.2) is 31.3 Å². The van der Waals surface area contributed by atoms with E-state index < -0.39 is 18.0 Å². The molecule has 0 bridgehead atoms. The second-order valence-electron chi connectivity index (χ2n) is 4.07. The first kappa shape index (κ1) is 12.3. The van der Waals surface area contributed by atoms with Crippen molar-refractivity contribution in [3.63, 3.8) is 0 Å². The topological polar surface area (TPSA) is 29.5 Å². The quantitative estimate of drug-likeness (QED) is 0.779. The van der Waals surface area contributed by atoms with Crippen molar-refractivity contribution >= 4 is 17.5 Å². The zero-order valence-corrected chi connectivity index (χ0v) is 10.3. The van der Waals surface area contributed by atoms with Crippen LogP contribution in [0.25, 0.3) is 0 Å². The number of rotatable bonds is 3. The number of nitrogens with zero attached hydrogens (tertiary/aromatic N) is 1. The van der Waals surface area contributed by atoms with E-state index in [1.807, 2.05) is 0 Å². The molecule has 0 aromatic heterocycles. The second kappa shape index (κ2) is 4.63. The maximum absolute atomic E-state index is 13.7. The van der Waals surface area contributed by atoms with Crippen LogP contribution in [0, 0.1) is 5.92 Å². The van der Waals surface area contributed by atoms with E-state index in [0.717, 1.165) is 10.6 Å². The van der Waals surface area contributed by atoms with Gasteiger partial charge in [0.2, 0.25) is 0 Å². The number of hydrogen-bond donors (Lipinski definition) is 0. The molecule has 1 fully saturated rings. The summed E-state index contributed by atoms with van der Waals surface area (Å²) in [4.78, 5) is 16.5. The lowest BCUT2D eigenvalue weighted by atomic mass is 10.1. The molecule has 1 saturated carbocycles. The van der Waals surface area contributed by atoms with E-state index in [9.17, 15) is 9.18 Å². The summed E-state index contributed by atoms with van der Waals surface area (Å²) in [6.07, 6.45) is -1.15. The van der Waals surface area contributed by atoms with Gasteiger partial charge in [-0.3, -0.25) is 9.63 Å². The molecule has 5 heteroatoms. The van der Waals surface area contributed by atoms with E-state index in [2.05, 4.69) is 0 Å². The molecule has 0 radical (unpaired) electrons. The minimum atomic E-state index is -1.15. The van der Waals surface area contributed by atoms with Crippen LogP contribution in [0.3, 0.4) is 0 Å². The van der Waals surface area contributed by atoms with Gasteiger partial charge in [0.25, 0.3) is 5.91 Å². The Hall–Kier alpha value is -1.13. The lowest BCUT2D eigenvalue weighted by Gasteiger charge is -2.12. The van der Waals surface area contributed by atoms with Crippen molar-refractivity contribution in [2.45, 2.75) is 12.1 Å². The van der Waals surface area contributed by atoms with Crippen molar-refractivity contribution in [3.8, 4) is 0 Å². The summed E-state index contributed by atoms with van der Waals surface area (Å²) in [5, 5.41) is 1.61. The first-order valence-electron chi connectivity index (χ1n) is 5.27. The predicted molar refractivity (Wildman–Crippen MR) is 62.4 cm³/mol. The van der Waals surface area contributed by atoms with Gasteiger partial charge in [-0.1, -0.05) is 23.7 Å². The first-order valence-corrected chi connectivity index (χ1v) is 5.65. The molecular weight excluding hydrogens is 245 g/mol. The standard InChI is InChI=1S/C12H13ClFNO2/c1-15(17-2)12(16)10-9(11(10)14)7-4-3-5-8(13)6-7/h3-6,9-11H,1-2H3. The molecule has 2 rings (SSSR count). The molecule has 3 unspecified atom stereocenters. The van der Waals surface area contributed by atoms with Gasteiger partial charge in [-0.25, -0.2) is 9.45 Å². The Balaban J connectivity index is 2.13. The second-order valence-corrected chi connectivity index (χ2v) is 4.51. The molecule has 0 aliphatic heterocycles. The van der Waals surface area contributed by atoms with E-state index in [4.69, 9.17) is 16.4 Å². The number of hydrogen-bond acceptors (Lipinski definition) is 2. The molecular formula is C12H13ClFNO2. The van der Waals surface area contributed by atoms with Crippen LogP contribution in [0.1, 0.15) is 11.5 Å². The van der Waals surface area contributed by atoms with Gasteiger partial charge in [-0.2, -0.15) is 0 Å². The van der Waals surface area contributed by atoms with Gasteiger partial charge in [0.05, 0.1) is 13.0 Å². The van der Waals surface area contributed by atoms with Crippen LogP contribution < -0.4 is 0 Å². The SMILES string of the molecule is CON(C)C(=O)C1C(F)C1c1cccc(Cl)c1. The smallest absolute Gasteiger partial charge is 0.252 e. The van der Waals surface area contributed by atoms with Crippen molar-refractivity contribution < 1.29 is 14.0 Å². The largest absolute Gasteiger partial charge is 0.275 e. The zero-order valence-electron chi connectivity index (χ0n) is 9.56. The van der Waals surface area contributed by atoms with Gasteiger partial charge in [0, 0.05) is 18.0 Å². The Morgan fingerprint density at radius 3 is 2.82 bits per heavy atom. The fourth-order valence-corrected chi connectivity index (χ4v) is 2.17. The highest BCUT2D eigenvalue weighted by Gasteiger charge is 2.57. The van der Waals surface area contributed by atoms with Crippen molar-refractivity contribution in [2.24, 2.45) is 5.92 Å². The van der Waals surface area contributed by atoms with E-state index in [-0.39, 0.29) is 5.91 Å². The Labute approximate surface area is 104 Å². The minimum absolute atomic E-state index is 0.343. The van der Waals surface area contributed by atoms with Gasteiger partial charge in [-0.15, -0.1) is 0 Å². The maximum atomic E-state index is 13.7. The number of hydroxylamine groups is 2. The van der Waals surface area contributed by atoms with Gasteiger partial charge < -0.3 is 0 Å². The van der Waals surface area contributed by atoms with E-state index in [1.165, 1.54) is 14.2 Å². The maximum Gasteiger partial charge on any atom is 0.252 e. The van der Waals surface area contributed by atoms with Crippen LogP contribution in [0.15, 0.2) is 24.3 Å². The summed E-state index contributed by atoms with van der Waals surface area (Å²) in [6, 6.07) is 6.95. The lowest BCUT2D eigenvalue weighted by molar-refractivity contribution is -0.170. The van der Waals surface area contributed by atoms with Crippen LogP contribution in [-0.2, 0) is 9.63 Å². The summed E-state index contributed by atoms with van der Waals surface area (Å²) < 4.78 is 13.7. The molecule has 17 heavy (non-hydrogen) atoms. The average molecular weight is 258 g/mol. The molecule has 0 spiro atoms. The van der Waals surface area contributed by atoms with Gasteiger partial charge in [-0.05, 0) is 17.7 Å². The van der Waals surface area contributed by atoms with Gasteiger partial charge in [0.1, 0.15) is 6.17 Å². The summed E-state index contributed by atoms with van der Waals surface area (Å²) in [7, 11) is 2.85. The predicted octanol–water partition coefficient (Wildman–Crippen LogP) is 2.41. The summed E-state index contributed by atoms with van der Waals surface area (Å²) >= 11 is 5.84. The van der Waals surface area contributed by atoms with Crippen molar-refractivity contribution in [1.82, 2.24) is 5.06 Å². The van der Waals surface area contributed by atoms with Crippen LogP contribution in [0.5, 0.6) is 0 Å². The summed E-state index contributed by atoms with van der Waals surface area (Å²) in [5.41, 5.74) is 0.757. The summed E-state index contributed by atoms with van der Waals surface area (Å²) in [5.74, 6) is -1.40. The fourth-order valence-electron chi connectivity index (χ4n) is 1.97. The highest BCUT2D eigenvalue weighted by atomic mass is 35.5. The van der Waals surface area contributed by atoms with Crippen molar-refractivity contribution in [3.05, 3.63) is 34.9 Å². The molecule has 1 aromatic rings. The van der Waals surface area contributed by atoms with E-state index in [0.29, 0.717) is 5.02 Å². The molecule has 3 atom stereocenters. The third-order valence-electron chi connectivity index (χ3n) is 3.04. The molecule has 0 heterocycles. The number of carbonyl (C=O) groups is 1. The zero-order chi connectivity index (χ0) is 12.6. The Kier molecular flexibility index (Phi) is 3.35. The highest BCUT2D eigenvalue weighted by Crippen LogP contribution is 2.51. The lowest BCUT2D eigenvalue weighted by Crippen LogP contribution is -2.27. The van der Waals surface area contributed by atoms with Gasteiger partial charge >= 0.3 is 0 Å². The number of alkyl halides is 1. The number of carbonyl (C=O) groups excluding carboxylic acids is 1. The average Bonchev–Trinajstić information content (AvgIpc) is 2.99. The highest BCUT2D eigenvalue weighted by molar-refractivity contribution is 6.30. The Morgan fingerprint density at radius 1 is 1.53 bits per heavy atom. The molecule has 1 amide bonds. The van der Waals surface area contributed by atoms with Crippen LogP contribution in [0.2, 0.25) is 5.02 Å². The van der Waals surface area contributed by atoms with E-state index in [1.54, 1.807) is 24.3 Å². The molecule has 3 nitrogen and oxygen atoms in total. The third kappa shape index (κ3) is 2.28. The molecule has 1 aliphatic carbocycles. The number of benzene rings is 1. The molecule has 0 N–H and O–H groups in total. The van der Waals surface area contributed by atoms with Crippen molar-refractivity contribution in [2.75, 3.05) is 14.2 Å². The normalized spacial score (nSPS) is 26.7. The van der Waals surface area contributed by atoms with Crippen molar-refractivity contribution in [1.29, 1.82) is 0 Å². The fraction of sp³-hybridized carbons (Fsp3) is 0.417. The van der Waals surface area contributed by atoms with E-state index >= 15 is 0 Å². The van der Waals surface area contributed by atoms with Gasteiger partial charge in [0.15, 0.2) is 0 Å². The molecule has 1 aromatic carbocycles. The third-order valence-corrected chi connectivity index (χ3v) is 3.27. The molecule has 1 aliphatic rings. The van der Waals surface area contributed by atoms with Crippen LogP contribution >= 0.6 is 11.6 Å². The molecule has 92 valence electrons. The van der Waals surface area contributed by atoms with Crippen LogP contribution in [0.4, 0.5) is 4.39 Å². The first-order chi connectivity index (χ1) is 8.06. The summed E-state index contributed by atoms with van der Waals surface area (Å²) in [6.45, 7) is 0.